The molecule has 140 valence electrons. The molecule has 1 N–H and O–H groups in total. The molecule has 3 rings (SSSR count). The van der Waals surface area contributed by atoms with Crippen LogP contribution >= 0.6 is 0 Å². The summed E-state index contributed by atoms with van der Waals surface area (Å²) in [6.45, 7) is 0. The zero-order chi connectivity index (χ0) is 19.6. The second-order valence-corrected chi connectivity index (χ2v) is 5.58. The zero-order valence-electron chi connectivity index (χ0n) is 13.5. The SMILES string of the molecule is O=C(Cc1cc(-c2ccccc2F)on1)Nc1ccc(F)c(C(F)(F)F)c1. The summed E-state index contributed by atoms with van der Waals surface area (Å²) in [5.74, 6) is -2.55. The van der Waals surface area contributed by atoms with E-state index in [2.05, 4.69) is 10.5 Å². The highest BCUT2D eigenvalue weighted by atomic mass is 19.4. The molecule has 27 heavy (non-hydrogen) atoms. The monoisotopic (exact) mass is 382 g/mol. The number of amides is 1. The number of hydrogen-bond donors (Lipinski definition) is 1. The molecule has 0 unspecified atom stereocenters. The van der Waals surface area contributed by atoms with Crippen LogP contribution in [0.25, 0.3) is 11.3 Å². The van der Waals surface area contributed by atoms with Gasteiger partial charge in [-0.1, -0.05) is 17.3 Å². The number of rotatable bonds is 4. The van der Waals surface area contributed by atoms with Crippen LogP contribution in [-0.4, -0.2) is 11.1 Å². The maximum absolute atomic E-state index is 13.7. The van der Waals surface area contributed by atoms with Crippen LogP contribution in [0.2, 0.25) is 0 Å². The fourth-order valence-electron chi connectivity index (χ4n) is 2.37. The van der Waals surface area contributed by atoms with Crippen molar-refractivity contribution in [3.05, 3.63) is 71.4 Å². The van der Waals surface area contributed by atoms with E-state index in [0.717, 1.165) is 6.07 Å². The second-order valence-electron chi connectivity index (χ2n) is 5.58. The molecule has 1 heterocycles. The number of halogens is 5. The maximum atomic E-state index is 13.7. The minimum absolute atomic E-state index is 0.108. The fraction of sp³-hybridized carbons (Fsp3) is 0.111. The Morgan fingerprint density at radius 3 is 2.48 bits per heavy atom. The van der Waals surface area contributed by atoms with Crippen molar-refractivity contribution in [2.24, 2.45) is 0 Å². The highest BCUT2D eigenvalue weighted by Crippen LogP contribution is 2.33. The van der Waals surface area contributed by atoms with Crippen molar-refractivity contribution in [1.29, 1.82) is 0 Å². The van der Waals surface area contributed by atoms with Crippen LogP contribution in [0.3, 0.4) is 0 Å². The van der Waals surface area contributed by atoms with Gasteiger partial charge in [-0.25, -0.2) is 8.78 Å². The van der Waals surface area contributed by atoms with Crippen LogP contribution in [0.4, 0.5) is 27.6 Å². The topological polar surface area (TPSA) is 55.1 Å². The quantitative estimate of drug-likeness (QED) is 0.659. The molecule has 0 bridgehead atoms. The average molecular weight is 382 g/mol. The van der Waals surface area contributed by atoms with Gasteiger partial charge in [0.1, 0.15) is 11.6 Å². The summed E-state index contributed by atoms with van der Waals surface area (Å²) in [5.41, 5.74) is -1.39. The van der Waals surface area contributed by atoms with Crippen molar-refractivity contribution >= 4 is 11.6 Å². The molecule has 0 aliphatic heterocycles. The Balaban J connectivity index is 1.71. The molecule has 2 aromatic carbocycles. The zero-order valence-corrected chi connectivity index (χ0v) is 13.5. The van der Waals surface area contributed by atoms with Crippen molar-refractivity contribution in [3.8, 4) is 11.3 Å². The highest BCUT2D eigenvalue weighted by Gasteiger charge is 2.34. The molecule has 1 aromatic heterocycles. The van der Waals surface area contributed by atoms with Gasteiger partial charge in [0.25, 0.3) is 0 Å². The van der Waals surface area contributed by atoms with Crippen molar-refractivity contribution in [3.63, 3.8) is 0 Å². The lowest BCUT2D eigenvalue weighted by Gasteiger charge is -2.10. The standard InChI is InChI=1S/C18H11F5N2O2/c19-14-4-2-1-3-12(14)16-8-11(25-27-16)9-17(26)24-10-5-6-15(20)13(7-10)18(21,22)23/h1-8H,9H2,(H,24,26). The van der Waals surface area contributed by atoms with E-state index >= 15 is 0 Å². The Kier molecular flexibility index (Phi) is 4.93. The van der Waals surface area contributed by atoms with E-state index < -0.39 is 29.3 Å². The number of carbonyl (C=O) groups excluding carboxylic acids is 1. The number of aromatic nitrogens is 1. The lowest BCUT2D eigenvalue weighted by atomic mass is 10.1. The molecule has 0 saturated heterocycles. The first-order valence-electron chi connectivity index (χ1n) is 7.61. The molecule has 0 atom stereocenters. The van der Waals surface area contributed by atoms with Crippen LogP contribution < -0.4 is 5.32 Å². The molecule has 9 heteroatoms. The lowest BCUT2D eigenvalue weighted by Crippen LogP contribution is -2.16. The lowest BCUT2D eigenvalue weighted by molar-refractivity contribution is -0.140. The Labute approximate surface area is 149 Å². The first kappa shape index (κ1) is 18.6. The summed E-state index contributed by atoms with van der Waals surface area (Å²) >= 11 is 0. The highest BCUT2D eigenvalue weighted by molar-refractivity contribution is 5.92. The van der Waals surface area contributed by atoms with Gasteiger partial charge < -0.3 is 9.84 Å². The van der Waals surface area contributed by atoms with Crippen molar-refractivity contribution in [2.45, 2.75) is 12.6 Å². The molecular formula is C18H11F5N2O2. The molecule has 0 spiro atoms. The molecule has 1 amide bonds. The fourth-order valence-corrected chi connectivity index (χ4v) is 2.37. The number of carbonyl (C=O) groups is 1. The minimum Gasteiger partial charge on any atom is -0.356 e. The Morgan fingerprint density at radius 2 is 1.78 bits per heavy atom. The molecule has 0 radical (unpaired) electrons. The van der Waals surface area contributed by atoms with E-state index in [1.54, 1.807) is 6.07 Å². The third-order valence-electron chi connectivity index (χ3n) is 3.60. The summed E-state index contributed by atoms with van der Waals surface area (Å²) in [5, 5.41) is 5.87. The number of hydrogen-bond acceptors (Lipinski definition) is 3. The van der Waals surface area contributed by atoms with Crippen LogP contribution in [0, 0.1) is 11.6 Å². The van der Waals surface area contributed by atoms with Crippen LogP contribution in [0.5, 0.6) is 0 Å². The van der Waals surface area contributed by atoms with Crippen LogP contribution in [0.15, 0.2) is 53.1 Å². The van der Waals surface area contributed by atoms with Crippen LogP contribution in [-0.2, 0) is 17.4 Å². The van der Waals surface area contributed by atoms with E-state index in [-0.39, 0.29) is 29.1 Å². The van der Waals surface area contributed by atoms with Gasteiger partial charge in [0.05, 0.1) is 23.2 Å². The van der Waals surface area contributed by atoms with Gasteiger partial charge in [0.2, 0.25) is 5.91 Å². The normalized spacial score (nSPS) is 11.4. The van der Waals surface area contributed by atoms with E-state index in [1.807, 2.05) is 0 Å². The summed E-state index contributed by atoms with van der Waals surface area (Å²) < 4.78 is 70.1. The summed E-state index contributed by atoms with van der Waals surface area (Å²) in [6, 6.07) is 9.28. The molecular weight excluding hydrogens is 371 g/mol. The van der Waals surface area contributed by atoms with Crippen LogP contribution in [0.1, 0.15) is 11.3 Å². The molecule has 0 saturated carbocycles. The van der Waals surface area contributed by atoms with E-state index in [4.69, 9.17) is 4.52 Å². The number of nitrogens with one attached hydrogen (secondary N) is 1. The van der Waals surface area contributed by atoms with Gasteiger partial charge >= 0.3 is 6.18 Å². The first-order chi connectivity index (χ1) is 12.7. The van der Waals surface area contributed by atoms with Crippen molar-refractivity contribution in [2.75, 3.05) is 5.32 Å². The number of alkyl halides is 3. The van der Waals surface area contributed by atoms with Crippen molar-refractivity contribution in [1.82, 2.24) is 5.16 Å². The summed E-state index contributed by atoms with van der Waals surface area (Å²) in [6.07, 6.45) is -5.21. The maximum Gasteiger partial charge on any atom is 0.419 e. The van der Waals surface area contributed by atoms with Gasteiger partial charge in [-0.15, -0.1) is 0 Å². The van der Waals surface area contributed by atoms with Gasteiger partial charge in [0.15, 0.2) is 5.76 Å². The number of benzene rings is 2. The summed E-state index contributed by atoms with van der Waals surface area (Å²) in [7, 11) is 0. The van der Waals surface area contributed by atoms with Gasteiger partial charge in [-0.2, -0.15) is 13.2 Å². The molecule has 4 nitrogen and oxygen atoms in total. The second kappa shape index (κ2) is 7.18. The minimum atomic E-state index is -4.88. The molecule has 0 aliphatic rings. The van der Waals surface area contributed by atoms with Gasteiger partial charge in [-0.05, 0) is 30.3 Å². The Bertz CT molecular complexity index is 982. The largest absolute Gasteiger partial charge is 0.419 e. The van der Waals surface area contributed by atoms with Gasteiger partial charge in [-0.3, -0.25) is 4.79 Å². The summed E-state index contributed by atoms with van der Waals surface area (Å²) in [4.78, 5) is 12.0. The predicted octanol–water partition coefficient (Wildman–Crippen LogP) is 4.82. The van der Waals surface area contributed by atoms with E-state index in [0.29, 0.717) is 12.1 Å². The van der Waals surface area contributed by atoms with E-state index in [1.165, 1.54) is 24.3 Å². The first-order valence-corrected chi connectivity index (χ1v) is 7.61. The van der Waals surface area contributed by atoms with Gasteiger partial charge in [0, 0.05) is 11.8 Å². The predicted molar refractivity (Wildman–Crippen MR) is 85.6 cm³/mol. The Morgan fingerprint density at radius 1 is 1.04 bits per heavy atom. The average Bonchev–Trinajstić information content (AvgIpc) is 3.04. The van der Waals surface area contributed by atoms with E-state index in [9.17, 15) is 26.7 Å². The molecule has 0 fully saturated rings. The third kappa shape index (κ3) is 4.30. The third-order valence-corrected chi connectivity index (χ3v) is 3.60. The number of anilines is 1. The Hall–Kier alpha value is -3.23. The van der Waals surface area contributed by atoms with Crippen molar-refractivity contribution < 1.29 is 31.3 Å². The number of nitrogens with zero attached hydrogens (tertiary/aromatic N) is 1. The molecule has 0 aliphatic carbocycles. The molecule has 3 aromatic rings. The smallest absolute Gasteiger partial charge is 0.356 e.